The van der Waals surface area contributed by atoms with Gasteiger partial charge in [0.15, 0.2) is 0 Å². The summed E-state index contributed by atoms with van der Waals surface area (Å²) in [6.45, 7) is 1.52. The summed E-state index contributed by atoms with van der Waals surface area (Å²) < 4.78 is 1.78. The number of aromatic hydroxyl groups is 1. The molecule has 0 saturated carbocycles. The van der Waals surface area contributed by atoms with Gasteiger partial charge in [-0.1, -0.05) is 18.2 Å². The van der Waals surface area contributed by atoms with Crippen molar-refractivity contribution in [3.63, 3.8) is 0 Å². The second-order valence-electron chi connectivity index (χ2n) is 6.46. The molecule has 1 unspecified atom stereocenters. The highest BCUT2D eigenvalue weighted by Crippen LogP contribution is 2.20. The number of halogens is 2. The van der Waals surface area contributed by atoms with Crippen molar-refractivity contribution in [2.45, 2.75) is 31.3 Å². The minimum Gasteiger partial charge on any atom is -0.507 e. The van der Waals surface area contributed by atoms with Gasteiger partial charge in [0.2, 0.25) is 0 Å². The molecule has 0 aliphatic rings. The fourth-order valence-electron chi connectivity index (χ4n) is 2.17. The number of carbonyl (C=O) groups is 2. The molecule has 7 N–H and O–H groups in total. The van der Waals surface area contributed by atoms with Crippen LogP contribution in [0.4, 0.5) is 0 Å². The van der Waals surface area contributed by atoms with Gasteiger partial charge < -0.3 is 26.8 Å². The first-order valence-electron chi connectivity index (χ1n) is 8.15. The van der Waals surface area contributed by atoms with E-state index in [4.69, 9.17) is 21.7 Å². The van der Waals surface area contributed by atoms with Gasteiger partial charge >= 0.3 is 11.9 Å². The van der Waals surface area contributed by atoms with Gasteiger partial charge in [0.25, 0.3) is 0 Å². The van der Waals surface area contributed by atoms with E-state index < -0.39 is 23.5 Å². The molecule has 28 heavy (non-hydrogen) atoms. The van der Waals surface area contributed by atoms with Gasteiger partial charge in [-0.3, -0.25) is 9.59 Å². The molecule has 2 aromatic rings. The summed E-state index contributed by atoms with van der Waals surface area (Å²) in [7, 11) is 0. The van der Waals surface area contributed by atoms with Crippen LogP contribution in [-0.4, -0.2) is 38.8 Å². The number of phenols is 1. The van der Waals surface area contributed by atoms with Crippen LogP contribution in [-0.2, 0) is 22.4 Å². The van der Waals surface area contributed by atoms with Crippen molar-refractivity contribution in [2.24, 2.45) is 11.5 Å². The van der Waals surface area contributed by atoms with Gasteiger partial charge in [0.05, 0.1) is 3.57 Å². The molecule has 152 valence electrons. The van der Waals surface area contributed by atoms with Crippen molar-refractivity contribution in [3.05, 3.63) is 60.7 Å². The Hall–Kier alpha value is -1.44. The van der Waals surface area contributed by atoms with E-state index in [2.05, 4.69) is 22.6 Å². The molecule has 9 heteroatoms. The van der Waals surface area contributed by atoms with Crippen LogP contribution in [0.25, 0.3) is 0 Å². The highest BCUT2D eigenvalue weighted by atomic mass is 127. The molecule has 0 amide bonds. The topological polar surface area (TPSA) is 147 Å². The third-order valence-corrected chi connectivity index (χ3v) is 5.27. The molecular formula is C19H22I2N2O5. The summed E-state index contributed by atoms with van der Waals surface area (Å²) in [5.41, 5.74) is 11.6. The van der Waals surface area contributed by atoms with Crippen molar-refractivity contribution in [3.8, 4) is 5.75 Å². The Balaban J connectivity index is 0.000000280. The fraction of sp³-hybridized carbons (Fsp3) is 0.263. The normalized spacial score (nSPS) is 13.6. The summed E-state index contributed by atoms with van der Waals surface area (Å²) in [4.78, 5) is 21.3. The Labute approximate surface area is 190 Å². The van der Waals surface area contributed by atoms with Gasteiger partial charge in [0.1, 0.15) is 17.3 Å². The highest BCUT2D eigenvalue weighted by molar-refractivity contribution is 14.1. The number of hydrogen-bond acceptors (Lipinski definition) is 5. The number of hydrogen-bond donors (Lipinski definition) is 5. The van der Waals surface area contributed by atoms with Crippen LogP contribution in [0.5, 0.6) is 5.75 Å². The summed E-state index contributed by atoms with van der Waals surface area (Å²) >= 11 is 4.16. The molecular weight excluding hydrogens is 590 g/mol. The number of rotatable bonds is 6. The van der Waals surface area contributed by atoms with E-state index in [-0.39, 0.29) is 12.2 Å². The van der Waals surface area contributed by atoms with Crippen molar-refractivity contribution >= 4 is 57.1 Å². The number of benzene rings is 2. The van der Waals surface area contributed by atoms with E-state index >= 15 is 0 Å². The van der Waals surface area contributed by atoms with Crippen LogP contribution in [0.1, 0.15) is 18.1 Å². The molecule has 0 aromatic heterocycles. The predicted molar refractivity (Wildman–Crippen MR) is 123 cm³/mol. The Kier molecular flexibility index (Phi) is 9.60. The number of aliphatic carboxylic acids is 2. The van der Waals surface area contributed by atoms with Crippen LogP contribution in [0.15, 0.2) is 42.5 Å². The molecule has 0 spiro atoms. The first kappa shape index (κ1) is 24.6. The Morgan fingerprint density at radius 1 is 1.11 bits per heavy atom. The van der Waals surface area contributed by atoms with Crippen LogP contribution in [0.2, 0.25) is 0 Å². The molecule has 2 aromatic carbocycles. The minimum absolute atomic E-state index is 0.193. The van der Waals surface area contributed by atoms with Crippen molar-refractivity contribution in [1.29, 1.82) is 0 Å². The van der Waals surface area contributed by atoms with E-state index in [1.54, 1.807) is 12.1 Å². The third-order valence-electron chi connectivity index (χ3n) is 3.73. The predicted octanol–water partition coefficient (Wildman–Crippen LogP) is 2.59. The smallest absolute Gasteiger partial charge is 0.323 e. The van der Waals surface area contributed by atoms with Gasteiger partial charge in [0, 0.05) is 9.99 Å². The molecule has 0 saturated heterocycles. The highest BCUT2D eigenvalue weighted by Gasteiger charge is 2.27. The lowest BCUT2D eigenvalue weighted by Gasteiger charge is -2.18. The van der Waals surface area contributed by atoms with Gasteiger partial charge in [-0.15, -0.1) is 0 Å². The number of nitrogens with two attached hydrogens (primary N) is 2. The van der Waals surface area contributed by atoms with E-state index in [9.17, 15) is 14.7 Å². The first-order valence-corrected chi connectivity index (χ1v) is 10.3. The maximum absolute atomic E-state index is 10.8. The first-order chi connectivity index (χ1) is 12.9. The zero-order chi connectivity index (χ0) is 21.5. The zero-order valence-corrected chi connectivity index (χ0v) is 19.4. The summed E-state index contributed by atoms with van der Waals surface area (Å²) in [6, 6.07) is 11.7. The van der Waals surface area contributed by atoms with Crippen LogP contribution in [0.3, 0.4) is 0 Å². The maximum atomic E-state index is 10.8. The largest absolute Gasteiger partial charge is 0.507 e. The van der Waals surface area contributed by atoms with E-state index in [1.165, 1.54) is 13.0 Å². The SMILES string of the molecule is C[C@@](N)(Cc1cccc(I)c1)C(=O)O.NC(Cc1ccc(O)c(I)c1)C(=O)O. The zero-order valence-electron chi connectivity index (χ0n) is 15.1. The average molecular weight is 612 g/mol. The Morgan fingerprint density at radius 2 is 1.75 bits per heavy atom. The fourth-order valence-corrected chi connectivity index (χ4v) is 3.35. The van der Waals surface area contributed by atoms with Crippen molar-refractivity contribution < 1.29 is 24.9 Å². The van der Waals surface area contributed by atoms with Crippen LogP contribution >= 0.6 is 45.2 Å². The monoisotopic (exact) mass is 612 g/mol. The molecule has 7 nitrogen and oxygen atoms in total. The molecule has 0 fully saturated rings. The second kappa shape index (κ2) is 10.9. The minimum atomic E-state index is -1.19. The number of phenolic OH excluding ortho intramolecular Hbond substituents is 1. The molecule has 0 aliphatic heterocycles. The van der Waals surface area contributed by atoms with E-state index in [0.29, 0.717) is 9.99 Å². The van der Waals surface area contributed by atoms with Crippen molar-refractivity contribution in [1.82, 2.24) is 0 Å². The number of carboxylic acid groups (broad SMARTS) is 2. The molecule has 0 bridgehead atoms. The van der Waals surface area contributed by atoms with Crippen LogP contribution in [0, 0.1) is 7.14 Å². The number of carboxylic acids is 2. The molecule has 0 aliphatic carbocycles. The quantitative estimate of drug-likeness (QED) is 0.316. The van der Waals surface area contributed by atoms with Gasteiger partial charge in [-0.2, -0.15) is 0 Å². The summed E-state index contributed by atoms with van der Waals surface area (Å²) in [5, 5.41) is 26.7. The maximum Gasteiger partial charge on any atom is 0.323 e. The lowest BCUT2D eigenvalue weighted by atomic mass is 9.94. The third kappa shape index (κ3) is 8.29. The van der Waals surface area contributed by atoms with Crippen molar-refractivity contribution in [2.75, 3.05) is 0 Å². The van der Waals surface area contributed by atoms with Gasteiger partial charge in [-0.05, 0) is 93.9 Å². The Morgan fingerprint density at radius 3 is 2.25 bits per heavy atom. The lowest BCUT2D eigenvalue weighted by molar-refractivity contribution is -0.142. The summed E-state index contributed by atoms with van der Waals surface area (Å²) in [6.07, 6.45) is 0.616. The van der Waals surface area contributed by atoms with Gasteiger partial charge in [-0.25, -0.2) is 0 Å². The summed E-state index contributed by atoms with van der Waals surface area (Å²) in [5.74, 6) is -1.80. The standard InChI is InChI=1S/C10H12INO2.C9H10INO3/c1-10(12,9(13)14)6-7-3-2-4-8(11)5-7;10-6-3-5(1-2-8(6)12)4-7(11)9(13)14/h2-5H,6,12H2,1H3,(H,13,14);1-3,7,12H,4,11H2,(H,13,14)/t10-;/m1./s1. The lowest BCUT2D eigenvalue weighted by Crippen LogP contribution is -2.46. The molecule has 2 rings (SSSR count). The average Bonchev–Trinajstić information content (AvgIpc) is 2.58. The van der Waals surface area contributed by atoms with Crippen LogP contribution < -0.4 is 11.5 Å². The molecule has 0 radical (unpaired) electrons. The second-order valence-corrected chi connectivity index (χ2v) is 8.87. The Bertz CT molecular complexity index is 843. The van der Waals surface area contributed by atoms with E-state index in [1.807, 2.05) is 46.9 Å². The van der Waals surface area contributed by atoms with E-state index in [0.717, 1.165) is 14.7 Å². The molecule has 0 heterocycles. The molecule has 2 atom stereocenters.